The van der Waals surface area contributed by atoms with E-state index in [4.69, 9.17) is 5.73 Å². The zero-order valence-electron chi connectivity index (χ0n) is 12.2. The molecule has 1 atom stereocenters. The molecule has 0 saturated heterocycles. The van der Waals surface area contributed by atoms with Gasteiger partial charge < -0.3 is 11.1 Å². The molecule has 0 fully saturated rings. The van der Waals surface area contributed by atoms with E-state index >= 15 is 0 Å². The van der Waals surface area contributed by atoms with Crippen LogP contribution in [0.1, 0.15) is 18.3 Å². The van der Waals surface area contributed by atoms with Crippen LogP contribution in [0.2, 0.25) is 0 Å². The van der Waals surface area contributed by atoms with Crippen LogP contribution in [0.4, 0.5) is 5.13 Å². The summed E-state index contributed by atoms with van der Waals surface area (Å²) >= 11 is 2.62. The van der Waals surface area contributed by atoms with Gasteiger partial charge in [0.1, 0.15) is 0 Å². The summed E-state index contributed by atoms with van der Waals surface area (Å²) in [4.78, 5) is 11.9. The molecule has 0 spiro atoms. The highest BCUT2D eigenvalue weighted by Crippen LogP contribution is 2.22. The van der Waals surface area contributed by atoms with Gasteiger partial charge in [0.15, 0.2) is 4.34 Å². The van der Waals surface area contributed by atoms with Gasteiger partial charge in [-0.1, -0.05) is 23.1 Å². The number of nitrogens with two attached hydrogens (primary N) is 1. The fourth-order valence-corrected chi connectivity index (χ4v) is 3.33. The van der Waals surface area contributed by atoms with Crippen LogP contribution in [0.25, 0.3) is 0 Å². The van der Waals surface area contributed by atoms with Crippen molar-refractivity contribution in [1.82, 2.24) is 25.3 Å². The number of anilines is 1. The van der Waals surface area contributed by atoms with Crippen molar-refractivity contribution in [1.29, 1.82) is 0 Å². The lowest BCUT2D eigenvalue weighted by atomic mass is 10.3. The van der Waals surface area contributed by atoms with Crippen LogP contribution in [0.3, 0.4) is 0 Å². The number of hydrogen-bond acceptors (Lipinski definition) is 7. The number of rotatable bonds is 6. The molecule has 7 nitrogen and oxygen atoms in total. The average Bonchev–Trinajstić information content (AvgIpc) is 2.93. The summed E-state index contributed by atoms with van der Waals surface area (Å²) in [6.07, 6.45) is 0. The first-order valence-electron chi connectivity index (χ1n) is 6.46. The van der Waals surface area contributed by atoms with E-state index in [1.807, 2.05) is 31.5 Å². The molecule has 21 heavy (non-hydrogen) atoms. The van der Waals surface area contributed by atoms with Crippen LogP contribution in [-0.4, -0.2) is 37.7 Å². The topological polar surface area (TPSA) is 98.7 Å². The van der Waals surface area contributed by atoms with Gasteiger partial charge in [-0.3, -0.25) is 9.48 Å². The third-order valence-corrected chi connectivity index (χ3v) is 4.59. The maximum Gasteiger partial charge on any atom is 0.230 e. The quantitative estimate of drug-likeness (QED) is 0.775. The van der Waals surface area contributed by atoms with Crippen LogP contribution in [0, 0.1) is 13.8 Å². The fraction of sp³-hybridized carbons (Fsp3) is 0.500. The minimum Gasteiger partial charge on any atom is -0.374 e. The predicted octanol–water partition coefficient (Wildman–Crippen LogP) is 1.23. The highest BCUT2D eigenvalue weighted by atomic mass is 32.2. The highest BCUT2D eigenvalue weighted by Gasteiger charge is 2.12. The Hall–Kier alpha value is -1.61. The van der Waals surface area contributed by atoms with E-state index in [-0.39, 0.29) is 11.9 Å². The summed E-state index contributed by atoms with van der Waals surface area (Å²) in [7, 11) is 0. The van der Waals surface area contributed by atoms with Crippen molar-refractivity contribution in [2.24, 2.45) is 0 Å². The Labute approximate surface area is 131 Å². The van der Waals surface area contributed by atoms with E-state index in [1.165, 1.54) is 23.1 Å². The molecule has 0 bridgehead atoms. The van der Waals surface area contributed by atoms with Crippen LogP contribution < -0.4 is 11.1 Å². The summed E-state index contributed by atoms with van der Waals surface area (Å²) in [5.41, 5.74) is 7.56. The summed E-state index contributed by atoms with van der Waals surface area (Å²) in [5, 5.41) is 15.3. The van der Waals surface area contributed by atoms with Crippen molar-refractivity contribution in [2.45, 2.75) is 37.7 Å². The molecule has 0 aliphatic carbocycles. The van der Waals surface area contributed by atoms with Crippen molar-refractivity contribution in [2.75, 3.05) is 11.5 Å². The molecule has 3 N–H and O–H groups in total. The van der Waals surface area contributed by atoms with Crippen LogP contribution in [0.5, 0.6) is 0 Å². The van der Waals surface area contributed by atoms with Crippen molar-refractivity contribution < 1.29 is 4.79 Å². The number of thioether (sulfide) groups is 1. The maximum absolute atomic E-state index is 11.9. The Balaban J connectivity index is 1.78. The van der Waals surface area contributed by atoms with Gasteiger partial charge in [-0.05, 0) is 26.8 Å². The molecule has 2 heterocycles. The molecule has 0 unspecified atom stereocenters. The van der Waals surface area contributed by atoms with Crippen LogP contribution >= 0.6 is 23.1 Å². The molecular formula is C12H18N6OS2. The lowest BCUT2D eigenvalue weighted by Gasteiger charge is -2.14. The maximum atomic E-state index is 11.9. The van der Waals surface area contributed by atoms with Gasteiger partial charge >= 0.3 is 0 Å². The molecule has 2 aromatic rings. The van der Waals surface area contributed by atoms with E-state index in [0.717, 1.165) is 11.4 Å². The van der Waals surface area contributed by atoms with Gasteiger partial charge in [0, 0.05) is 11.7 Å². The van der Waals surface area contributed by atoms with E-state index in [0.29, 0.717) is 21.8 Å². The Bertz CT molecular complexity index is 623. The van der Waals surface area contributed by atoms with E-state index in [1.54, 1.807) is 0 Å². The SMILES string of the molecule is Cc1cc(C)n(C[C@@H](C)NC(=O)CSc2nnc(N)s2)n1. The van der Waals surface area contributed by atoms with E-state index < -0.39 is 0 Å². The van der Waals surface area contributed by atoms with Crippen molar-refractivity contribution in [3.8, 4) is 0 Å². The largest absolute Gasteiger partial charge is 0.374 e. The molecule has 114 valence electrons. The number of amides is 1. The molecule has 0 aliphatic rings. The summed E-state index contributed by atoms with van der Waals surface area (Å²) in [6, 6.07) is 2.03. The van der Waals surface area contributed by atoms with Crippen molar-refractivity contribution in [3.63, 3.8) is 0 Å². The Morgan fingerprint density at radius 2 is 2.29 bits per heavy atom. The van der Waals surface area contributed by atoms with Gasteiger partial charge in [-0.2, -0.15) is 5.10 Å². The number of carbonyl (C=O) groups is 1. The number of nitrogen functional groups attached to an aromatic ring is 1. The van der Waals surface area contributed by atoms with Gasteiger partial charge in [0.2, 0.25) is 11.0 Å². The van der Waals surface area contributed by atoms with E-state index in [9.17, 15) is 4.79 Å². The molecule has 1 amide bonds. The number of aryl methyl sites for hydroxylation is 2. The third-order valence-electron chi connectivity index (χ3n) is 2.71. The third kappa shape index (κ3) is 4.71. The van der Waals surface area contributed by atoms with Gasteiger partial charge in [0.05, 0.1) is 18.0 Å². The molecular weight excluding hydrogens is 308 g/mol. The monoisotopic (exact) mass is 326 g/mol. The Kier molecular flexibility index (Phi) is 5.18. The Morgan fingerprint density at radius 3 is 2.86 bits per heavy atom. The van der Waals surface area contributed by atoms with Gasteiger partial charge in [0.25, 0.3) is 0 Å². The summed E-state index contributed by atoms with van der Waals surface area (Å²) < 4.78 is 2.60. The van der Waals surface area contributed by atoms with E-state index in [2.05, 4.69) is 20.6 Å². The van der Waals surface area contributed by atoms with Crippen LogP contribution in [-0.2, 0) is 11.3 Å². The predicted molar refractivity (Wildman–Crippen MR) is 84.4 cm³/mol. The highest BCUT2D eigenvalue weighted by molar-refractivity contribution is 8.01. The second kappa shape index (κ2) is 6.90. The minimum absolute atomic E-state index is 0.00980. The molecule has 2 rings (SSSR count). The summed E-state index contributed by atoms with van der Waals surface area (Å²) in [6.45, 7) is 6.57. The number of aromatic nitrogens is 4. The first kappa shape index (κ1) is 15.8. The van der Waals surface area contributed by atoms with Crippen LogP contribution in [0.15, 0.2) is 10.4 Å². The van der Waals surface area contributed by atoms with Gasteiger partial charge in [-0.15, -0.1) is 10.2 Å². The standard InChI is InChI=1S/C12H18N6OS2/c1-7-4-9(3)18(17-7)5-8(2)14-10(19)6-20-12-16-15-11(13)21-12/h4,8H,5-6H2,1-3H3,(H2,13,15)(H,14,19)/t8-/m1/s1. The number of hydrogen-bond donors (Lipinski definition) is 2. The second-order valence-corrected chi connectivity index (χ2v) is 7.00. The fourth-order valence-electron chi connectivity index (χ4n) is 1.89. The van der Waals surface area contributed by atoms with Gasteiger partial charge in [-0.25, -0.2) is 0 Å². The molecule has 0 aromatic carbocycles. The summed E-state index contributed by atoms with van der Waals surface area (Å²) in [5.74, 6) is 0.263. The second-order valence-electron chi connectivity index (χ2n) is 4.77. The zero-order chi connectivity index (χ0) is 15.4. The lowest BCUT2D eigenvalue weighted by Crippen LogP contribution is -2.37. The first-order valence-corrected chi connectivity index (χ1v) is 8.26. The molecule has 0 saturated carbocycles. The first-order chi connectivity index (χ1) is 9.94. The number of nitrogens with zero attached hydrogens (tertiary/aromatic N) is 4. The molecule has 9 heteroatoms. The lowest BCUT2D eigenvalue weighted by molar-refractivity contribution is -0.119. The number of carbonyl (C=O) groups excluding carboxylic acids is 1. The van der Waals surface area contributed by atoms with Crippen molar-refractivity contribution >= 4 is 34.1 Å². The Morgan fingerprint density at radius 1 is 1.52 bits per heavy atom. The normalized spacial score (nSPS) is 12.3. The molecule has 2 aromatic heterocycles. The van der Waals surface area contributed by atoms with Crippen molar-refractivity contribution in [3.05, 3.63) is 17.5 Å². The zero-order valence-corrected chi connectivity index (χ0v) is 13.8. The molecule has 0 radical (unpaired) electrons. The minimum atomic E-state index is -0.0391. The number of nitrogens with one attached hydrogen (secondary N) is 1. The smallest absolute Gasteiger partial charge is 0.230 e. The average molecular weight is 326 g/mol. The molecule has 0 aliphatic heterocycles.